The van der Waals surface area contributed by atoms with Crippen LogP contribution in [0.15, 0.2) is 59.1 Å². The number of carbonyl (C=O) groups excluding carboxylic acids is 2. The summed E-state index contributed by atoms with van der Waals surface area (Å²) in [6, 6.07) is 17.0. The molecule has 4 nitrogen and oxygen atoms in total. The van der Waals surface area contributed by atoms with Crippen molar-refractivity contribution in [3.8, 4) is 0 Å². The number of hydrogen-bond acceptors (Lipinski definition) is 3. The van der Waals surface area contributed by atoms with Crippen LogP contribution >= 0.6 is 15.9 Å². The van der Waals surface area contributed by atoms with E-state index in [1.165, 1.54) is 0 Å². The Labute approximate surface area is 162 Å². The average molecular weight is 416 g/mol. The van der Waals surface area contributed by atoms with Crippen LogP contribution in [0.2, 0.25) is 0 Å². The number of carbonyl (C=O) groups is 2. The van der Waals surface area contributed by atoms with Crippen LogP contribution in [0.1, 0.15) is 30.4 Å². The summed E-state index contributed by atoms with van der Waals surface area (Å²) >= 11 is 3.47. The highest BCUT2D eigenvalue weighted by Gasteiger charge is 2.45. The van der Waals surface area contributed by atoms with Crippen LogP contribution in [-0.2, 0) is 20.7 Å². The van der Waals surface area contributed by atoms with Gasteiger partial charge in [-0.05, 0) is 42.5 Å². The van der Waals surface area contributed by atoms with E-state index < -0.39 is 6.04 Å². The first-order valence-electron chi connectivity index (χ1n) is 8.85. The average Bonchev–Trinajstić information content (AvgIpc) is 3.43. The van der Waals surface area contributed by atoms with Gasteiger partial charge in [-0.25, -0.2) is 4.79 Å². The molecular formula is C21H22BrNO3. The van der Waals surface area contributed by atoms with Crippen molar-refractivity contribution >= 4 is 27.8 Å². The van der Waals surface area contributed by atoms with Crippen molar-refractivity contribution in [2.45, 2.75) is 31.7 Å². The monoisotopic (exact) mass is 415 g/mol. The summed E-state index contributed by atoms with van der Waals surface area (Å²) in [5, 5.41) is 2.90. The Bertz CT molecular complexity index is 778. The number of hydrogen-bond donors (Lipinski definition) is 1. The first-order valence-corrected chi connectivity index (χ1v) is 9.64. The van der Waals surface area contributed by atoms with E-state index in [0.29, 0.717) is 13.0 Å². The number of amides is 1. The molecule has 0 heterocycles. The summed E-state index contributed by atoms with van der Waals surface area (Å²) in [5.41, 5.74) is 2.14. The van der Waals surface area contributed by atoms with Gasteiger partial charge in [-0.1, -0.05) is 58.4 Å². The van der Waals surface area contributed by atoms with Crippen molar-refractivity contribution in [2.75, 3.05) is 6.61 Å². The first-order chi connectivity index (χ1) is 12.6. The molecule has 0 saturated heterocycles. The Morgan fingerprint density at radius 3 is 2.65 bits per heavy atom. The number of ether oxygens (including phenoxy) is 1. The molecule has 3 unspecified atom stereocenters. The van der Waals surface area contributed by atoms with Gasteiger partial charge in [0, 0.05) is 16.8 Å². The number of halogens is 1. The topological polar surface area (TPSA) is 55.4 Å². The number of rotatable bonds is 7. The van der Waals surface area contributed by atoms with E-state index in [1.54, 1.807) is 6.92 Å². The maximum Gasteiger partial charge on any atom is 0.328 e. The summed E-state index contributed by atoms with van der Waals surface area (Å²) in [5.74, 6) is -0.336. The Morgan fingerprint density at radius 2 is 1.96 bits per heavy atom. The number of esters is 1. The van der Waals surface area contributed by atoms with E-state index in [4.69, 9.17) is 4.74 Å². The third-order valence-electron chi connectivity index (χ3n) is 4.57. The van der Waals surface area contributed by atoms with Gasteiger partial charge in [-0.2, -0.15) is 0 Å². The zero-order valence-electron chi connectivity index (χ0n) is 14.7. The van der Waals surface area contributed by atoms with Gasteiger partial charge in [-0.3, -0.25) is 4.79 Å². The standard InChI is InChI=1S/C21H22BrNO3/c1-2-26-21(25)19(11-14-7-4-3-5-8-14)23-20(24)18-13-17(18)15-9-6-10-16(22)12-15/h3-10,12,17-19H,2,11,13H2,1H3,(H,23,24). The molecule has 136 valence electrons. The summed E-state index contributed by atoms with van der Waals surface area (Å²) in [4.78, 5) is 24.9. The molecule has 0 aromatic heterocycles. The summed E-state index contributed by atoms with van der Waals surface area (Å²) in [6.07, 6.45) is 1.24. The zero-order chi connectivity index (χ0) is 18.5. The minimum atomic E-state index is -0.659. The maximum atomic E-state index is 12.7. The second kappa shape index (κ2) is 8.49. The van der Waals surface area contributed by atoms with E-state index >= 15 is 0 Å². The van der Waals surface area contributed by atoms with Crippen molar-refractivity contribution in [2.24, 2.45) is 5.92 Å². The van der Waals surface area contributed by atoms with Gasteiger partial charge in [0.2, 0.25) is 5.91 Å². The Hall–Kier alpha value is -2.14. The lowest BCUT2D eigenvalue weighted by Crippen LogP contribution is -2.44. The Balaban J connectivity index is 1.65. The molecule has 26 heavy (non-hydrogen) atoms. The van der Waals surface area contributed by atoms with Crippen molar-refractivity contribution in [3.05, 3.63) is 70.2 Å². The third-order valence-corrected chi connectivity index (χ3v) is 5.07. The second-order valence-electron chi connectivity index (χ2n) is 6.51. The molecule has 1 amide bonds. The number of nitrogens with one attached hydrogen (secondary N) is 1. The van der Waals surface area contributed by atoms with Crippen LogP contribution in [0.25, 0.3) is 0 Å². The molecule has 0 radical (unpaired) electrons. The van der Waals surface area contributed by atoms with Crippen LogP contribution in [0.3, 0.4) is 0 Å². The summed E-state index contributed by atoms with van der Waals surface area (Å²) in [6.45, 7) is 2.06. The van der Waals surface area contributed by atoms with Crippen LogP contribution in [-0.4, -0.2) is 24.5 Å². The molecule has 0 bridgehead atoms. The van der Waals surface area contributed by atoms with Crippen LogP contribution in [0.4, 0.5) is 0 Å². The van der Waals surface area contributed by atoms with E-state index in [9.17, 15) is 9.59 Å². The normalized spacial score (nSPS) is 19.5. The third kappa shape index (κ3) is 4.73. The highest BCUT2D eigenvalue weighted by atomic mass is 79.9. The van der Waals surface area contributed by atoms with Crippen LogP contribution in [0, 0.1) is 5.92 Å². The molecule has 3 atom stereocenters. The smallest absolute Gasteiger partial charge is 0.328 e. The van der Waals surface area contributed by atoms with Crippen molar-refractivity contribution in [1.29, 1.82) is 0 Å². The molecule has 3 rings (SSSR count). The molecule has 1 N–H and O–H groups in total. The van der Waals surface area contributed by atoms with Gasteiger partial charge in [-0.15, -0.1) is 0 Å². The molecule has 1 saturated carbocycles. The van der Waals surface area contributed by atoms with Crippen molar-refractivity contribution in [1.82, 2.24) is 5.32 Å². The van der Waals surface area contributed by atoms with Gasteiger partial charge < -0.3 is 10.1 Å². The van der Waals surface area contributed by atoms with E-state index in [-0.39, 0.29) is 23.7 Å². The predicted octanol–water partition coefficient (Wildman–Crippen LogP) is 3.84. The molecule has 1 aliphatic carbocycles. The molecule has 2 aromatic carbocycles. The molecule has 5 heteroatoms. The fourth-order valence-electron chi connectivity index (χ4n) is 3.16. The summed E-state index contributed by atoms with van der Waals surface area (Å²) < 4.78 is 6.15. The largest absolute Gasteiger partial charge is 0.464 e. The van der Waals surface area contributed by atoms with Gasteiger partial charge in [0.1, 0.15) is 6.04 Å². The van der Waals surface area contributed by atoms with Crippen molar-refractivity contribution in [3.63, 3.8) is 0 Å². The molecule has 0 spiro atoms. The lowest BCUT2D eigenvalue weighted by Gasteiger charge is -2.17. The molecule has 1 fully saturated rings. The molecule has 2 aromatic rings. The minimum absolute atomic E-state index is 0.0797. The van der Waals surface area contributed by atoms with Gasteiger partial charge in [0.25, 0.3) is 0 Å². The van der Waals surface area contributed by atoms with E-state index in [0.717, 1.165) is 22.0 Å². The Kier molecular flexibility index (Phi) is 6.09. The van der Waals surface area contributed by atoms with Crippen LogP contribution in [0.5, 0.6) is 0 Å². The van der Waals surface area contributed by atoms with E-state index in [1.807, 2.05) is 54.6 Å². The quantitative estimate of drug-likeness (QED) is 0.698. The number of benzene rings is 2. The fraction of sp³-hybridized carbons (Fsp3) is 0.333. The highest BCUT2D eigenvalue weighted by molar-refractivity contribution is 9.10. The summed E-state index contributed by atoms with van der Waals surface area (Å²) in [7, 11) is 0. The predicted molar refractivity (Wildman–Crippen MR) is 104 cm³/mol. The van der Waals surface area contributed by atoms with Gasteiger partial charge in [0.05, 0.1) is 6.61 Å². The minimum Gasteiger partial charge on any atom is -0.464 e. The second-order valence-corrected chi connectivity index (χ2v) is 7.42. The fourth-order valence-corrected chi connectivity index (χ4v) is 3.57. The molecular weight excluding hydrogens is 394 g/mol. The Morgan fingerprint density at radius 1 is 1.19 bits per heavy atom. The molecule has 0 aliphatic heterocycles. The van der Waals surface area contributed by atoms with E-state index in [2.05, 4.69) is 21.2 Å². The molecule has 1 aliphatic rings. The lowest BCUT2D eigenvalue weighted by atomic mass is 10.1. The SMILES string of the molecule is CCOC(=O)C(Cc1ccccc1)NC(=O)C1CC1c1cccc(Br)c1. The maximum absolute atomic E-state index is 12.7. The van der Waals surface area contributed by atoms with Gasteiger partial charge in [0.15, 0.2) is 0 Å². The van der Waals surface area contributed by atoms with Crippen LogP contribution < -0.4 is 5.32 Å². The van der Waals surface area contributed by atoms with Gasteiger partial charge >= 0.3 is 5.97 Å². The highest BCUT2D eigenvalue weighted by Crippen LogP contribution is 2.48. The first kappa shape index (κ1) is 18.6. The lowest BCUT2D eigenvalue weighted by molar-refractivity contribution is -0.147. The zero-order valence-corrected chi connectivity index (χ0v) is 16.2. The van der Waals surface area contributed by atoms with Crippen molar-refractivity contribution < 1.29 is 14.3 Å².